The smallest absolute Gasteiger partial charge is 0.278 e. The molecule has 0 saturated carbocycles. The number of rotatable bonds is 5. The Kier molecular flexibility index (Phi) is 4.35. The van der Waals surface area contributed by atoms with Crippen molar-refractivity contribution in [3.05, 3.63) is 23.0 Å². The molecule has 0 aliphatic rings. The lowest BCUT2D eigenvalue weighted by Crippen LogP contribution is -2.36. The summed E-state index contributed by atoms with van der Waals surface area (Å²) >= 11 is 0. The van der Waals surface area contributed by atoms with Crippen molar-refractivity contribution < 1.29 is 8.42 Å². The molecule has 0 fully saturated rings. The first-order valence-electron chi connectivity index (χ1n) is 5.54. The van der Waals surface area contributed by atoms with Crippen LogP contribution >= 0.6 is 0 Å². The third-order valence-electron chi connectivity index (χ3n) is 3.04. The van der Waals surface area contributed by atoms with Gasteiger partial charge in [-0.25, -0.2) is 4.72 Å². The van der Waals surface area contributed by atoms with E-state index in [4.69, 9.17) is 0 Å². The molecule has 0 aliphatic heterocycles. The zero-order valence-corrected chi connectivity index (χ0v) is 11.9. The number of hydrogen-bond donors (Lipinski definition) is 1. The van der Waals surface area contributed by atoms with Gasteiger partial charge in [-0.2, -0.15) is 12.7 Å². The molecule has 98 valence electrons. The first kappa shape index (κ1) is 14.2. The quantitative estimate of drug-likeness (QED) is 0.841. The second-order valence-corrected chi connectivity index (χ2v) is 6.36. The lowest BCUT2D eigenvalue weighted by Gasteiger charge is -2.12. The number of hydrogen-bond acceptors (Lipinski definition) is 2. The van der Waals surface area contributed by atoms with Crippen molar-refractivity contribution in [2.45, 2.75) is 20.3 Å². The van der Waals surface area contributed by atoms with E-state index >= 15 is 0 Å². The molecule has 0 saturated heterocycles. The predicted molar refractivity (Wildman–Crippen MR) is 69.2 cm³/mol. The maximum Gasteiger partial charge on any atom is 0.278 e. The van der Waals surface area contributed by atoms with E-state index < -0.39 is 10.2 Å². The van der Waals surface area contributed by atoms with Crippen LogP contribution in [0.25, 0.3) is 0 Å². The Morgan fingerprint density at radius 2 is 1.94 bits per heavy atom. The molecule has 17 heavy (non-hydrogen) atoms. The summed E-state index contributed by atoms with van der Waals surface area (Å²) in [6, 6.07) is 2.10. The Bertz CT molecular complexity index is 489. The van der Waals surface area contributed by atoms with Gasteiger partial charge in [-0.1, -0.05) is 0 Å². The number of nitrogens with zero attached hydrogens (tertiary/aromatic N) is 2. The largest absolute Gasteiger partial charge is 0.352 e. The van der Waals surface area contributed by atoms with Gasteiger partial charge in [0.2, 0.25) is 0 Å². The third-order valence-corrected chi connectivity index (χ3v) is 4.57. The van der Waals surface area contributed by atoms with Gasteiger partial charge in [0.15, 0.2) is 0 Å². The molecular weight excluding hydrogens is 238 g/mol. The lowest BCUT2D eigenvalue weighted by atomic mass is 10.2. The molecule has 0 aliphatic carbocycles. The van der Waals surface area contributed by atoms with Crippen molar-refractivity contribution in [2.24, 2.45) is 7.05 Å². The summed E-state index contributed by atoms with van der Waals surface area (Å²) in [5, 5.41) is 0. The van der Waals surface area contributed by atoms with Gasteiger partial charge in [-0.3, -0.25) is 0 Å². The average molecular weight is 259 g/mol. The summed E-state index contributed by atoms with van der Waals surface area (Å²) in [5.74, 6) is 0. The van der Waals surface area contributed by atoms with Crippen molar-refractivity contribution >= 4 is 10.2 Å². The minimum atomic E-state index is -3.31. The highest BCUT2D eigenvalue weighted by Crippen LogP contribution is 2.13. The molecule has 0 aromatic carbocycles. The maximum absolute atomic E-state index is 11.5. The predicted octanol–water partition coefficient (Wildman–Crippen LogP) is 0.580. The van der Waals surface area contributed by atoms with E-state index in [1.807, 2.05) is 20.9 Å². The van der Waals surface area contributed by atoms with Crippen molar-refractivity contribution in [1.82, 2.24) is 13.6 Å². The van der Waals surface area contributed by atoms with Crippen LogP contribution in [0.5, 0.6) is 0 Å². The fourth-order valence-corrected chi connectivity index (χ4v) is 2.25. The number of nitrogens with one attached hydrogen (secondary N) is 1. The molecule has 1 heterocycles. The molecule has 5 nitrogen and oxygen atoms in total. The fraction of sp³-hybridized carbons (Fsp3) is 0.636. The van der Waals surface area contributed by atoms with Gasteiger partial charge in [-0.05, 0) is 31.9 Å². The van der Waals surface area contributed by atoms with Crippen LogP contribution in [0.1, 0.15) is 17.0 Å². The van der Waals surface area contributed by atoms with Crippen LogP contribution in [0, 0.1) is 13.8 Å². The van der Waals surface area contributed by atoms with E-state index in [2.05, 4.69) is 15.4 Å². The zero-order chi connectivity index (χ0) is 13.2. The molecule has 0 bridgehead atoms. The summed E-state index contributed by atoms with van der Waals surface area (Å²) in [7, 11) is 1.73. The molecule has 1 rings (SSSR count). The number of aromatic nitrogens is 1. The monoisotopic (exact) mass is 259 g/mol. The molecule has 0 radical (unpaired) electrons. The minimum Gasteiger partial charge on any atom is -0.352 e. The van der Waals surface area contributed by atoms with Crippen LogP contribution < -0.4 is 4.72 Å². The Labute approximate surface area is 104 Å². The van der Waals surface area contributed by atoms with Crippen LogP contribution in [0.4, 0.5) is 0 Å². The van der Waals surface area contributed by atoms with Gasteiger partial charge in [0, 0.05) is 39.1 Å². The van der Waals surface area contributed by atoms with Gasteiger partial charge >= 0.3 is 0 Å². The normalized spacial score (nSPS) is 12.4. The average Bonchev–Trinajstić information content (AvgIpc) is 2.46. The van der Waals surface area contributed by atoms with Gasteiger partial charge in [0.25, 0.3) is 10.2 Å². The van der Waals surface area contributed by atoms with E-state index in [1.165, 1.54) is 35.4 Å². The van der Waals surface area contributed by atoms with Crippen LogP contribution in [-0.4, -0.2) is 37.9 Å². The Balaban J connectivity index is 2.61. The van der Waals surface area contributed by atoms with E-state index in [9.17, 15) is 8.42 Å². The lowest BCUT2D eigenvalue weighted by molar-refractivity contribution is 0.506. The van der Waals surface area contributed by atoms with E-state index in [-0.39, 0.29) is 0 Å². The summed E-state index contributed by atoms with van der Waals surface area (Å²) in [5.41, 5.74) is 3.56. The van der Waals surface area contributed by atoms with E-state index in [0.29, 0.717) is 13.0 Å². The Hall–Kier alpha value is -0.850. The van der Waals surface area contributed by atoms with E-state index in [1.54, 1.807) is 0 Å². The Morgan fingerprint density at radius 1 is 1.35 bits per heavy atom. The summed E-state index contributed by atoms with van der Waals surface area (Å²) < 4.78 is 28.8. The van der Waals surface area contributed by atoms with Crippen LogP contribution in [0.15, 0.2) is 6.07 Å². The SMILES string of the molecule is Cc1cc(CCNS(=O)(=O)N(C)C)c(C)n1C. The molecule has 1 aromatic heterocycles. The van der Waals surface area contributed by atoms with Crippen LogP contribution in [0.3, 0.4) is 0 Å². The summed E-state index contributed by atoms with van der Waals surface area (Å²) in [4.78, 5) is 0. The molecule has 6 heteroatoms. The highest BCUT2D eigenvalue weighted by molar-refractivity contribution is 7.87. The maximum atomic E-state index is 11.5. The second-order valence-electron chi connectivity index (χ2n) is 4.39. The molecule has 0 amide bonds. The van der Waals surface area contributed by atoms with Gasteiger partial charge in [0.05, 0.1) is 0 Å². The zero-order valence-electron chi connectivity index (χ0n) is 11.1. The van der Waals surface area contributed by atoms with Crippen molar-refractivity contribution in [3.8, 4) is 0 Å². The third kappa shape index (κ3) is 3.31. The highest BCUT2D eigenvalue weighted by atomic mass is 32.2. The number of aryl methyl sites for hydroxylation is 1. The molecular formula is C11H21N3O2S. The van der Waals surface area contributed by atoms with Crippen LogP contribution in [-0.2, 0) is 23.7 Å². The minimum absolute atomic E-state index is 0.421. The van der Waals surface area contributed by atoms with Gasteiger partial charge in [0.1, 0.15) is 0 Å². The molecule has 0 spiro atoms. The molecule has 1 aromatic rings. The van der Waals surface area contributed by atoms with Gasteiger partial charge in [-0.15, -0.1) is 0 Å². The van der Waals surface area contributed by atoms with Crippen molar-refractivity contribution in [1.29, 1.82) is 0 Å². The molecule has 1 N–H and O–H groups in total. The summed E-state index contributed by atoms with van der Waals surface area (Å²) in [6.45, 7) is 4.51. The van der Waals surface area contributed by atoms with Crippen molar-refractivity contribution in [2.75, 3.05) is 20.6 Å². The topological polar surface area (TPSA) is 54.3 Å². The van der Waals surface area contributed by atoms with Gasteiger partial charge < -0.3 is 4.57 Å². The standard InChI is InChI=1S/C11H21N3O2S/c1-9-8-11(10(2)14(9)5)6-7-12-17(15,16)13(3)4/h8,12H,6-7H2,1-5H3. The fourth-order valence-electron chi connectivity index (χ4n) is 1.63. The highest BCUT2D eigenvalue weighted by Gasteiger charge is 2.12. The van der Waals surface area contributed by atoms with Crippen LogP contribution in [0.2, 0.25) is 0 Å². The van der Waals surface area contributed by atoms with Crippen molar-refractivity contribution in [3.63, 3.8) is 0 Å². The van der Waals surface area contributed by atoms with E-state index in [0.717, 1.165) is 0 Å². The first-order valence-corrected chi connectivity index (χ1v) is 6.98. The first-order chi connectivity index (χ1) is 7.75. The summed E-state index contributed by atoms with van der Waals surface area (Å²) in [6.07, 6.45) is 0.709. The second kappa shape index (κ2) is 5.20. The molecule has 0 atom stereocenters. The molecule has 0 unspecified atom stereocenters. The Morgan fingerprint density at radius 3 is 2.35 bits per heavy atom.